The van der Waals surface area contributed by atoms with Crippen LogP contribution in [-0.4, -0.2) is 27.8 Å². The monoisotopic (exact) mass is 447 g/mol. The van der Waals surface area contributed by atoms with Gasteiger partial charge in [-0.3, -0.25) is 14.5 Å². The number of thioether (sulfide) groups is 1. The van der Waals surface area contributed by atoms with Crippen LogP contribution in [0.15, 0.2) is 45.8 Å². The Kier molecular flexibility index (Phi) is 5.92. The Morgan fingerprint density at radius 1 is 1.26 bits per heavy atom. The van der Waals surface area contributed by atoms with Crippen LogP contribution in [0.1, 0.15) is 23.6 Å². The summed E-state index contributed by atoms with van der Waals surface area (Å²) in [6.07, 6.45) is 1.63. The third-order valence-corrected chi connectivity index (χ3v) is 5.72. The summed E-state index contributed by atoms with van der Waals surface area (Å²) in [5, 5.41) is 9.63. The average Bonchev–Trinajstić information content (AvgIpc) is 2.88. The Balaban J connectivity index is 1.88. The number of aromatic hydroxyl groups is 1. The predicted molar refractivity (Wildman–Crippen MR) is 110 cm³/mol. The van der Waals surface area contributed by atoms with E-state index in [-0.39, 0.29) is 23.4 Å². The summed E-state index contributed by atoms with van der Waals surface area (Å²) < 4.78 is 5.99. The second kappa shape index (κ2) is 8.19. The Morgan fingerprint density at radius 2 is 2.00 bits per heavy atom. The van der Waals surface area contributed by atoms with Crippen LogP contribution < -0.4 is 4.74 Å². The molecule has 3 rings (SSSR count). The molecule has 0 atom stereocenters. The lowest BCUT2D eigenvalue weighted by molar-refractivity contribution is -0.123. The lowest BCUT2D eigenvalue weighted by Gasteiger charge is -2.14. The first-order valence-electron chi connectivity index (χ1n) is 8.36. The molecule has 1 heterocycles. The molecule has 140 valence electrons. The maximum Gasteiger partial charge on any atom is 0.293 e. The topological polar surface area (TPSA) is 66.8 Å². The van der Waals surface area contributed by atoms with Crippen molar-refractivity contribution in [1.29, 1.82) is 0 Å². The molecule has 2 amide bonds. The molecular formula is C20H18BrNO4S. The number of carbonyl (C=O) groups excluding carboxylic acids is 2. The zero-order valence-corrected chi connectivity index (χ0v) is 17.3. The first-order chi connectivity index (χ1) is 12.9. The van der Waals surface area contributed by atoms with Gasteiger partial charge < -0.3 is 9.84 Å². The normalized spacial score (nSPS) is 15.7. The molecule has 0 aliphatic carbocycles. The van der Waals surface area contributed by atoms with E-state index < -0.39 is 0 Å². The molecule has 1 N–H and O–H groups in total. The second-order valence-electron chi connectivity index (χ2n) is 5.97. The van der Waals surface area contributed by atoms with E-state index in [0.29, 0.717) is 27.3 Å². The number of phenols is 1. The number of halogens is 1. The van der Waals surface area contributed by atoms with E-state index in [1.807, 2.05) is 38.1 Å². The molecule has 0 spiro atoms. The zero-order valence-electron chi connectivity index (χ0n) is 14.9. The molecule has 5 nitrogen and oxygen atoms in total. The van der Waals surface area contributed by atoms with E-state index in [9.17, 15) is 14.7 Å². The molecule has 0 radical (unpaired) electrons. The maximum atomic E-state index is 12.7. The van der Waals surface area contributed by atoms with Crippen LogP contribution in [0.25, 0.3) is 6.08 Å². The van der Waals surface area contributed by atoms with Gasteiger partial charge in [-0.15, -0.1) is 0 Å². The van der Waals surface area contributed by atoms with Crippen LogP contribution in [0.3, 0.4) is 0 Å². The average molecular weight is 448 g/mol. The van der Waals surface area contributed by atoms with Crippen LogP contribution in [0.2, 0.25) is 0 Å². The first kappa shape index (κ1) is 19.5. The summed E-state index contributed by atoms with van der Waals surface area (Å²) in [4.78, 5) is 26.7. The fourth-order valence-corrected chi connectivity index (χ4v) is 3.95. The van der Waals surface area contributed by atoms with Gasteiger partial charge in [0.05, 0.1) is 18.1 Å². The number of hydrogen-bond acceptors (Lipinski definition) is 5. The fraction of sp³-hybridized carbons (Fsp3) is 0.200. The minimum Gasteiger partial charge on any atom is -0.504 e. The zero-order chi connectivity index (χ0) is 19.6. The number of phenolic OH excluding ortho intramolecular Hbond substituents is 1. The Morgan fingerprint density at radius 3 is 2.70 bits per heavy atom. The van der Waals surface area contributed by atoms with E-state index in [1.54, 1.807) is 12.1 Å². The molecule has 0 unspecified atom stereocenters. The van der Waals surface area contributed by atoms with E-state index in [1.165, 1.54) is 11.0 Å². The number of ether oxygens (including phenoxy) is 1. The van der Waals surface area contributed by atoms with Crippen molar-refractivity contribution in [2.24, 2.45) is 0 Å². The van der Waals surface area contributed by atoms with Gasteiger partial charge >= 0.3 is 0 Å². The SMILES string of the molecule is CCOc1cc(/C=C2\SC(=O)N(Cc3ccccc3C)C2=O)c(Br)cc1O. The molecule has 0 saturated carbocycles. The number of nitrogens with zero attached hydrogens (tertiary/aromatic N) is 1. The van der Waals surface area contributed by atoms with Crippen LogP contribution in [0.5, 0.6) is 11.5 Å². The van der Waals surface area contributed by atoms with Gasteiger partial charge in [-0.05, 0) is 60.5 Å². The minimum atomic E-state index is -0.328. The van der Waals surface area contributed by atoms with Crippen LogP contribution in [0.4, 0.5) is 4.79 Å². The molecule has 1 saturated heterocycles. The van der Waals surface area contributed by atoms with Crippen molar-refractivity contribution in [2.45, 2.75) is 20.4 Å². The smallest absolute Gasteiger partial charge is 0.293 e. The lowest BCUT2D eigenvalue weighted by atomic mass is 10.1. The van der Waals surface area contributed by atoms with E-state index in [0.717, 1.165) is 22.9 Å². The van der Waals surface area contributed by atoms with Crippen molar-refractivity contribution >= 4 is 44.9 Å². The largest absolute Gasteiger partial charge is 0.504 e. The minimum absolute atomic E-state index is 0.00790. The summed E-state index contributed by atoms with van der Waals surface area (Å²) in [5.41, 5.74) is 2.62. The molecule has 1 aliphatic heterocycles. The van der Waals surface area contributed by atoms with E-state index in [2.05, 4.69) is 15.9 Å². The van der Waals surface area contributed by atoms with Gasteiger partial charge in [-0.1, -0.05) is 40.2 Å². The summed E-state index contributed by atoms with van der Waals surface area (Å²) in [6, 6.07) is 10.8. The highest BCUT2D eigenvalue weighted by Crippen LogP contribution is 2.38. The highest BCUT2D eigenvalue weighted by molar-refractivity contribution is 9.10. The molecule has 2 aromatic carbocycles. The number of amides is 2. The Hall–Kier alpha value is -2.25. The molecule has 1 fully saturated rings. The third kappa shape index (κ3) is 4.20. The van der Waals surface area contributed by atoms with Crippen molar-refractivity contribution in [3.05, 3.63) is 62.5 Å². The van der Waals surface area contributed by atoms with E-state index in [4.69, 9.17) is 4.74 Å². The van der Waals surface area contributed by atoms with E-state index >= 15 is 0 Å². The molecular weight excluding hydrogens is 430 g/mol. The van der Waals surface area contributed by atoms with Crippen LogP contribution in [0, 0.1) is 6.92 Å². The molecule has 1 aliphatic rings. The highest BCUT2D eigenvalue weighted by Gasteiger charge is 2.35. The molecule has 2 aromatic rings. The van der Waals surface area contributed by atoms with Gasteiger partial charge in [0.25, 0.3) is 11.1 Å². The lowest BCUT2D eigenvalue weighted by Crippen LogP contribution is -2.27. The van der Waals surface area contributed by atoms with Gasteiger partial charge in [-0.2, -0.15) is 0 Å². The fourth-order valence-electron chi connectivity index (χ4n) is 2.68. The molecule has 27 heavy (non-hydrogen) atoms. The maximum absolute atomic E-state index is 12.7. The van der Waals surface area contributed by atoms with Gasteiger partial charge in [0.2, 0.25) is 0 Å². The summed E-state index contributed by atoms with van der Waals surface area (Å²) in [5.74, 6) is 0.00538. The molecule has 7 heteroatoms. The number of hydrogen-bond donors (Lipinski definition) is 1. The number of imide groups is 1. The van der Waals surface area contributed by atoms with Gasteiger partial charge in [0.15, 0.2) is 11.5 Å². The predicted octanol–water partition coefficient (Wildman–Crippen LogP) is 5.10. The molecule has 0 bridgehead atoms. The van der Waals surface area contributed by atoms with Crippen molar-refractivity contribution in [1.82, 2.24) is 4.90 Å². The number of rotatable bonds is 5. The van der Waals surface area contributed by atoms with Gasteiger partial charge in [-0.25, -0.2) is 0 Å². The molecule has 0 aromatic heterocycles. The van der Waals surface area contributed by atoms with Crippen molar-refractivity contribution in [2.75, 3.05) is 6.61 Å². The first-order valence-corrected chi connectivity index (χ1v) is 9.96. The van der Waals surface area contributed by atoms with Crippen molar-refractivity contribution in [3.8, 4) is 11.5 Å². The summed E-state index contributed by atoms with van der Waals surface area (Å²) in [6.45, 7) is 4.42. The Bertz CT molecular complexity index is 942. The quantitative estimate of drug-likeness (QED) is 0.645. The Labute approximate surface area is 170 Å². The van der Waals surface area contributed by atoms with Crippen LogP contribution in [-0.2, 0) is 11.3 Å². The van der Waals surface area contributed by atoms with Crippen molar-refractivity contribution in [3.63, 3.8) is 0 Å². The summed E-state index contributed by atoms with van der Waals surface area (Å²) in [7, 11) is 0. The van der Waals surface area contributed by atoms with Crippen LogP contribution >= 0.6 is 27.7 Å². The number of carbonyl (C=O) groups is 2. The third-order valence-electron chi connectivity index (χ3n) is 4.13. The van der Waals surface area contributed by atoms with Gasteiger partial charge in [0.1, 0.15) is 0 Å². The second-order valence-corrected chi connectivity index (χ2v) is 7.82. The van der Waals surface area contributed by atoms with Gasteiger partial charge in [0, 0.05) is 4.47 Å². The number of benzene rings is 2. The number of aryl methyl sites for hydroxylation is 1. The standard InChI is InChI=1S/C20H18BrNO4S/c1-3-26-17-8-14(15(21)10-16(17)23)9-18-19(24)22(20(25)27-18)11-13-7-5-4-6-12(13)2/h4-10,23H,3,11H2,1-2H3/b18-9-. The van der Waals surface area contributed by atoms with Crippen molar-refractivity contribution < 1.29 is 19.4 Å². The highest BCUT2D eigenvalue weighted by atomic mass is 79.9. The summed E-state index contributed by atoms with van der Waals surface area (Å²) >= 11 is 4.28.